The summed E-state index contributed by atoms with van der Waals surface area (Å²) in [6.07, 6.45) is 3.36. The lowest BCUT2D eigenvalue weighted by Gasteiger charge is -2.32. The molecule has 1 aliphatic carbocycles. The zero-order valence-corrected chi connectivity index (χ0v) is 15.1. The first-order chi connectivity index (χ1) is 13.0. The van der Waals surface area contributed by atoms with E-state index in [9.17, 15) is 14.4 Å². The van der Waals surface area contributed by atoms with E-state index >= 15 is 0 Å². The van der Waals surface area contributed by atoms with Gasteiger partial charge in [-0.2, -0.15) is 0 Å². The van der Waals surface area contributed by atoms with Gasteiger partial charge in [0.15, 0.2) is 0 Å². The Balaban J connectivity index is 1.71. The highest BCUT2D eigenvalue weighted by atomic mass is 16.5. The number of methoxy groups -OCH3 is 1. The minimum absolute atomic E-state index is 0.0463. The normalized spacial score (nSPS) is 22.2. The van der Waals surface area contributed by atoms with Crippen LogP contribution in [-0.4, -0.2) is 29.6 Å². The van der Waals surface area contributed by atoms with Crippen molar-refractivity contribution in [3.63, 3.8) is 0 Å². The Morgan fingerprint density at radius 3 is 2.48 bits per heavy atom. The van der Waals surface area contributed by atoms with Crippen LogP contribution in [0.1, 0.15) is 19.3 Å². The van der Waals surface area contributed by atoms with Gasteiger partial charge in [0.25, 0.3) is 5.56 Å². The summed E-state index contributed by atoms with van der Waals surface area (Å²) in [6, 6.07) is 11.9. The number of hydrogen-bond acceptors (Lipinski definition) is 4. The van der Waals surface area contributed by atoms with E-state index in [0.29, 0.717) is 30.6 Å². The third kappa shape index (κ3) is 4.25. The third-order valence-electron chi connectivity index (χ3n) is 5.07. The molecule has 3 N–H and O–H groups in total. The lowest BCUT2D eigenvalue weighted by atomic mass is 9.77. The summed E-state index contributed by atoms with van der Waals surface area (Å²) in [5, 5.41) is 2.85. The Kier molecular flexibility index (Phi) is 5.71. The van der Waals surface area contributed by atoms with Crippen LogP contribution in [0, 0.1) is 11.8 Å². The summed E-state index contributed by atoms with van der Waals surface area (Å²) in [5.74, 6) is -1.70. The molecule has 7 nitrogen and oxygen atoms in total. The monoisotopic (exact) mass is 369 g/mol. The Morgan fingerprint density at radius 2 is 1.85 bits per heavy atom. The Bertz CT molecular complexity index is 875. The molecule has 2 amide bonds. The fourth-order valence-electron chi connectivity index (χ4n) is 3.56. The van der Waals surface area contributed by atoms with Crippen LogP contribution in [0.15, 0.2) is 53.5 Å². The molecule has 3 rings (SSSR count). The van der Waals surface area contributed by atoms with Crippen molar-refractivity contribution in [3.8, 4) is 5.69 Å². The number of pyridine rings is 1. The molecule has 1 aromatic heterocycles. The molecule has 142 valence electrons. The van der Waals surface area contributed by atoms with Crippen molar-refractivity contribution in [2.24, 2.45) is 17.6 Å². The number of nitrogens with one attached hydrogen (secondary N) is 1. The number of anilines is 1. The molecule has 1 aliphatic rings. The quantitative estimate of drug-likeness (QED) is 0.837. The summed E-state index contributed by atoms with van der Waals surface area (Å²) < 4.78 is 6.83. The van der Waals surface area contributed by atoms with Crippen molar-refractivity contribution in [1.29, 1.82) is 0 Å². The van der Waals surface area contributed by atoms with Gasteiger partial charge in [0.2, 0.25) is 11.8 Å². The average molecular weight is 369 g/mol. The fraction of sp³-hybridized carbons (Fsp3) is 0.350. The topological polar surface area (TPSA) is 103 Å². The Labute approximate surface area is 157 Å². The summed E-state index contributed by atoms with van der Waals surface area (Å²) >= 11 is 0. The number of nitrogens with two attached hydrogens (primary N) is 1. The fourth-order valence-corrected chi connectivity index (χ4v) is 3.56. The molecule has 3 unspecified atom stereocenters. The Morgan fingerprint density at radius 1 is 1.11 bits per heavy atom. The summed E-state index contributed by atoms with van der Waals surface area (Å²) in [4.78, 5) is 36.3. The molecule has 0 spiro atoms. The zero-order valence-electron chi connectivity index (χ0n) is 15.1. The number of aromatic nitrogens is 1. The van der Waals surface area contributed by atoms with E-state index in [1.807, 2.05) is 0 Å². The lowest BCUT2D eigenvalue weighted by molar-refractivity contribution is -0.134. The number of nitrogens with zero attached hydrogens (tertiary/aromatic N) is 1. The second-order valence-corrected chi connectivity index (χ2v) is 6.73. The van der Waals surface area contributed by atoms with E-state index in [-0.39, 0.29) is 17.6 Å². The summed E-state index contributed by atoms with van der Waals surface area (Å²) in [7, 11) is 1.60. The maximum absolute atomic E-state index is 12.7. The summed E-state index contributed by atoms with van der Waals surface area (Å²) in [5.41, 5.74) is 6.67. The van der Waals surface area contributed by atoms with Gasteiger partial charge in [0.05, 0.1) is 17.9 Å². The van der Waals surface area contributed by atoms with Crippen LogP contribution in [-0.2, 0) is 14.3 Å². The van der Waals surface area contributed by atoms with Gasteiger partial charge in [-0.05, 0) is 49.6 Å². The minimum atomic E-state index is -0.536. The van der Waals surface area contributed by atoms with E-state index in [1.165, 1.54) is 10.6 Å². The number of ether oxygens (including phenoxy) is 1. The number of hydrogen-bond donors (Lipinski definition) is 2. The number of rotatable bonds is 5. The molecular formula is C20H23N3O4. The predicted octanol–water partition coefficient (Wildman–Crippen LogP) is 1.69. The van der Waals surface area contributed by atoms with Crippen molar-refractivity contribution in [2.45, 2.75) is 25.4 Å². The van der Waals surface area contributed by atoms with Crippen LogP contribution >= 0.6 is 0 Å². The van der Waals surface area contributed by atoms with Crippen LogP contribution < -0.4 is 16.6 Å². The zero-order chi connectivity index (χ0) is 19.4. The highest BCUT2D eigenvalue weighted by Gasteiger charge is 2.38. The highest BCUT2D eigenvalue weighted by molar-refractivity contribution is 5.96. The minimum Gasteiger partial charge on any atom is -0.381 e. The van der Waals surface area contributed by atoms with Crippen molar-refractivity contribution < 1.29 is 14.3 Å². The van der Waals surface area contributed by atoms with E-state index in [0.717, 1.165) is 0 Å². The second-order valence-electron chi connectivity index (χ2n) is 6.73. The molecule has 7 heteroatoms. The van der Waals surface area contributed by atoms with Crippen LogP contribution in [0.4, 0.5) is 5.69 Å². The van der Waals surface area contributed by atoms with Gasteiger partial charge in [-0.25, -0.2) is 0 Å². The maximum atomic E-state index is 12.7. The SMILES string of the molecule is COC1CCC(C(=O)Nc2ccc(-n3ccccc3=O)cc2)C(C(N)=O)C1. The van der Waals surface area contributed by atoms with Crippen molar-refractivity contribution in [2.75, 3.05) is 12.4 Å². The van der Waals surface area contributed by atoms with E-state index in [4.69, 9.17) is 10.5 Å². The first-order valence-electron chi connectivity index (χ1n) is 8.90. The molecule has 1 saturated carbocycles. The molecular weight excluding hydrogens is 346 g/mol. The number of carbonyl (C=O) groups is 2. The van der Waals surface area contributed by atoms with Gasteiger partial charge in [-0.15, -0.1) is 0 Å². The van der Waals surface area contributed by atoms with Gasteiger partial charge in [-0.3, -0.25) is 19.0 Å². The predicted molar refractivity (Wildman–Crippen MR) is 101 cm³/mol. The number of benzene rings is 1. The van der Waals surface area contributed by atoms with Crippen LogP contribution in [0.3, 0.4) is 0 Å². The maximum Gasteiger partial charge on any atom is 0.255 e. The van der Waals surface area contributed by atoms with Crippen LogP contribution in [0.25, 0.3) is 5.69 Å². The van der Waals surface area contributed by atoms with Crippen molar-refractivity contribution in [3.05, 3.63) is 59.0 Å². The largest absolute Gasteiger partial charge is 0.381 e. The van der Waals surface area contributed by atoms with Gasteiger partial charge in [-0.1, -0.05) is 6.07 Å². The smallest absolute Gasteiger partial charge is 0.255 e. The number of carbonyl (C=O) groups excluding carboxylic acids is 2. The molecule has 0 radical (unpaired) electrons. The summed E-state index contributed by atoms with van der Waals surface area (Å²) in [6.45, 7) is 0. The third-order valence-corrected chi connectivity index (χ3v) is 5.07. The van der Waals surface area contributed by atoms with Crippen molar-refractivity contribution >= 4 is 17.5 Å². The lowest BCUT2D eigenvalue weighted by Crippen LogP contribution is -2.42. The first kappa shape index (κ1) is 18.8. The van der Waals surface area contributed by atoms with E-state index in [2.05, 4.69) is 5.32 Å². The van der Waals surface area contributed by atoms with Gasteiger partial charge in [0.1, 0.15) is 0 Å². The number of primary amides is 1. The second kappa shape index (κ2) is 8.18. The van der Waals surface area contributed by atoms with Crippen LogP contribution in [0.5, 0.6) is 0 Å². The van der Waals surface area contributed by atoms with Crippen LogP contribution in [0.2, 0.25) is 0 Å². The van der Waals surface area contributed by atoms with E-state index < -0.39 is 17.7 Å². The molecule has 1 fully saturated rings. The standard InChI is InChI=1S/C20H23N3O4/c1-27-15-9-10-16(17(12-15)19(21)25)20(26)22-13-5-7-14(8-6-13)23-11-3-2-4-18(23)24/h2-8,11,15-17H,9-10,12H2,1H3,(H2,21,25)(H,22,26). The molecule has 2 aromatic rings. The van der Waals surface area contributed by atoms with Gasteiger partial charge >= 0.3 is 0 Å². The number of amides is 2. The molecule has 0 saturated heterocycles. The Hall–Kier alpha value is -2.93. The highest BCUT2D eigenvalue weighted by Crippen LogP contribution is 2.32. The average Bonchev–Trinajstić information content (AvgIpc) is 2.68. The van der Waals surface area contributed by atoms with Gasteiger partial charge in [0, 0.05) is 30.7 Å². The molecule has 0 bridgehead atoms. The van der Waals surface area contributed by atoms with Crippen molar-refractivity contribution in [1.82, 2.24) is 4.57 Å². The molecule has 27 heavy (non-hydrogen) atoms. The molecule has 1 aromatic carbocycles. The first-order valence-corrected chi connectivity index (χ1v) is 8.90. The van der Waals surface area contributed by atoms with Gasteiger partial charge < -0.3 is 15.8 Å². The molecule has 1 heterocycles. The molecule has 0 aliphatic heterocycles. The van der Waals surface area contributed by atoms with E-state index in [1.54, 1.807) is 49.7 Å². The molecule has 3 atom stereocenters.